The predicted molar refractivity (Wildman–Crippen MR) is 123 cm³/mol. The Labute approximate surface area is 190 Å². The maximum atomic E-state index is 13.0. The van der Waals surface area contributed by atoms with Gasteiger partial charge in [0.15, 0.2) is 0 Å². The fourth-order valence-electron chi connectivity index (χ4n) is 4.16. The third-order valence-electron chi connectivity index (χ3n) is 5.91. The Bertz CT molecular complexity index is 1130. The van der Waals surface area contributed by atoms with Crippen molar-refractivity contribution >= 4 is 38.8 Å². The van der Waals surface area contributed by atoms with Gasteiger partial charge in [0, 0.05) is 35.2 Å². The van der Waals surface area contributed by atoms with E-state index in [1.807, 2.05) is 39.0 Å². The Morgan fingerprint density at radius 1 is 1.32 bits per heavy atom. The number of benzene rings is 1. The van der Waals surface area contributed by atoms with E-state index in [0.29, 0.717) is 24.6 Å². The number of methoxy groups -OCH3 is 1. The maximum absolute atomic E-state index is 13.0. The molecule has 1 aliphatic heterocycles. The molecule has 3 aromatic rings. The summed E-state index contributed by atoms with van der Waals surface area (Å²) in [6.07, 6.45) is 1.78. The minimum absolute atomic E-state index is 0.0499. The fourth-order valence-corrected chi connectivity index (χ4v) is 4.57. The first kappa shape index (κ1) is 21.6. The molecule has 4 rings (SSSR count). The van der Waals surface area contributed by atoms with Gasteiger partial charge < -0.3 is 19.4 Å². The van der Waals surface area contributed by atoms with Crippen molar-refractivity contribution in [1.29, 1.82) is 0 Å². The molecule has 31 heavy (non-hydrogen) atoms. The number of aryl methyl sites for hydroxylation is 3. The van der Waals surface area contributed by atoms with Gasteiger partial charge in [-0.3, -0.25) is 4.79 Å². The van der Waals surface area contributed by atoms with Crippen LogP contribution in [0.3, 0.4) is 0 Å². The molecule has 0 bridgehead atoms. The number of anilines is 1. The van der Waals surface area contributed by atoms with Crippen LogP contribution < -0.4 is 15.0 Å². The molecule has 164 valence electrons. The average Bonchev–Trinajstić information content (AvgIpc) is 3.04. The number of hydrogen-bond acceptors (Lipinski definition) is 6. The molecule has 1 aliphatic rings. The molecular weight excluding hydrogens is 460 g/mol. The van der Waals surface area contributed by atoms with E-state index in [1.54, 1.807) is 7.11 Å². The number of furan rings is 1. The molecule has 1 atom stereocenters. The number of piperidine rings is 1. The van der Waals surface area contributed by atoms with Crippen LogP contribution in [0.25, 0.3) is 11.1 Å². The van der Waals surface area contributed by atoms with E-state index in [4.69, 9.17) is 14.1 Å². The fraction of sp³-hybridized carbons (Fsp3) is 0.435. The van der Waals surface area contributed by atoms with Crippen LogP contribution in [0.4, 0.5) is 5.82 Å². The minimum Gasteiger partial charge on any atom is -0.496 e. The number of halogens is 1. The van der Waals surface area contributed by atoms with E-state index in [0.717, 1.165) is 57.7 Å². The van der Waals surface area contributed by atoms with Gasteiger partial charge in [0.2, 0.25) is 11.6 Å². The number of aromatic nitrogens is 2. The van der Waals surface area contributed by atoms with Gasteiger partial charge in [-0.05, 0) is 51.8 Å². The second kappa shape index (κ2) is 8.86. The number of nitrogens with zero attached hydrogens (tertiary/aromatic N) is 3. The van der Waals surface area contributed by atoms with Crippen molar-refractivity contribution in [2.45, 2.75) is 40.2 Å². The first-order chi connectivity index (χ1) is 14.9. The van der Waals surface area contributed by atoms with Crippen LogP contribution in [0, 0.1) is 26.7 Å². The molecule has 3 heterocycles. The Balaban J connectivity index is 1.51. The largest absolute Gasteiger partial charge is 0.496 e. The van der Waals surface area contributed by atoms with Crippen LogP contribution in [-0.2, 0) is 11.3 Å². The first-order valence-corrected chi connectivity index (χ1v) is 11.3. The number of rotatable bonds is 5. The van der Waals surface area contributed by atoms with Crippen LogP contribution >= 0.6 is 15.9 Å². The summed E-state index contributed by atoms with van der Waals surface area (Å²) in [5.74, 6) is 3.09. The monoisotopic (exact) mass is 486 g/mol. The zero-order valence-corrected chi connectivity index (χ0v) is 19.9. The van der Waals surface area contributed by atoms with Crippen LogP contribution in [0.1, 0.15) is 35.6 Å². The van der Waals surface area contributed by atoms with Crippen molar-refractivity contribution in [2.75, 3.05) is 25.1 Å². The predicted octanol–water partition coefficient (Wildman–Crippen LogP) is 4.45. The lowest BCUT2D eigenvalue weighted by Gasteiger charge is -2.33. The lowest BCUT2D eigenvalue weighted by molar-refractivity contribution is -0.125. The smallest absolute Gasteiger partial charge is 0.231 e. The second-order valence-corrected chi connectivity index (χ2v) is 8.93. The molecule has 1 aromatic carbocycles. The number of fused-ring (bicyclic) bond motifs is 1. The highest BCUT2D eigenvalue weighted by Gasteiger charge is 2.29. The van der Waals surface area contributed by atoms with Crippen molar-refractivity contribution in [3.05, 3.63) is 45.4 Å². The summed E-state index contributed by atoms with van der Waals surface area (Å²) in [6, 6.07) is 5.79. The van der Waals surface area contributed by atoms with Crippen LogP contribution in [0.5, 0.6) is 5.75 Å². The first-order valence-electron chi connectivity index (χ1n) is 10.5. The van der Waals surface area contributed by atoms with Crippen LogP contribution in [0.2, 0.25) is 0 Å². The van der Waals surface area contributed by atoms with Crippen molar-refractivity contribution in [1.82, 2.24) is 15.3 Å². The van der Waals surface area contributed by atoms with Gasteiger partial charge in [0.25, 0.3) is 0 Å². The van der Waals surface area contributed by atoms with Crippen molar-refractivity contribution < 1.29 is 13.9 Å². The number of carbonyl (C=O) groups is 1. The summed E-state index contributed by atoms with van der Waals surface area (Å²) < 4.78 is 12.2. The Hall–Kier alpha value is -2.61. The lowest BCUT2D eigenvalue weighted by atomic mass is 9.96. The number of nitrogens with one attached hydrogen (secondary N) is 1. The minimum atomic E-state index is -0.106. The van der Waals surface area contributed by atoms with Gasteiger partial charge in [0.1, 0.15) is 23.2 Å². The molecule has 0 aliphatic carbocycles. The SMILES string of the molecule is COc1ccc(Br)cc1CNC(=O)C1CCCN(c2nc(C)nc3oc(C)c(C)c23)C1. The molecule has 2 aromatic heterocycles. The molecule has 1 amide bonds. The molecular formula is C23H27BrN4O3. The normalized spacial score (nSPS) is 16.5. The van der Waals surface area contributed by atoms with E-state index in [1.165, 1.54) is 0 Å². The molecule has 8 heteroatoms. The second-order valence-electron chi connectivity index (χ2n) is 8.02. The third-order valence-corrected chi connectivity index (χ3v) is 6.40. The van der Waals surface area contributed by atoms with E-state index in [2.05, 4.69) is 31.1 Å². The Kier molecular flexibility index (Phi) is 6.18. The molecule has 0 radical (unpaired) electrons. The van der Waals surface area contributed by atoms with E-state index in [9.17, 15) is 4.79 Å². The summed E-state index contributed by atoms with van der Waals surface area (Å²) in [5.41, 5.74) is 2.61. The van der Waals surface area contributed by atoms with Gasteiger partial charge >= 0.3 is 0 Å². The number of amides is 1. The molecule has 1 saturated heterocycles. The van der Waals surface area contributed by atoms with Gasteiger partial charge in [-0.15, -0.1) is 0 Å². The zero-order chi connectivity index (χ0) is 22.1. The summed E-state index contributed by atoms with van der Waals surface area (Å²) >= 11 is 3.48. The highest BCUT2D eigenvalue weighted by molar-refractivity contribution is 9.10. The molecule has 0 spiro atoms. The third kappa shape index (κ3) is 4.39. The number of ether oxygens (including phenoxy) is 1. The molecule has 1 unspecified atom stereocenters. The topological polar surface area (TPSA) is 80.5 Å². The summed E-state index contributed by atoms with van der Waals surface area (Å²) in [4.78, 5) is 24.4. The average molecular weight is 487 g/mol. The molecule has 1 fully saturated rings. The van der Waals surface area contributed by atoms with Gasteiger partial charge in [-0.25, -0.2) is 4.98 Å². The molecule has 7 nitrogen and oxygen atoms in total. The molecule has 1 N–H and O–H groups in total. The van der Waals surface area contributed by atoms with Crippen LogP contribution in [0.15, 0.2) is 27.1 Å². The van der Waals surface area contributed by atoms with Crippen molar-refractivity contribution in [3.63, 3.8) is 0 Å². The van der Waals surface area contributed by atoms with E-state index >= 15 is 0 Å². The Morgan fingerprint density at radius 3 is 2.90 bits per heavy atom. The Morgan fingerprint density at radius 2 is 2.13 bits per heavy atom. The van der Waals surface area contributed by atoms with Crippen LogP contribution in [-0.4, -0.2) is 36.1 Å². The standard InChI is InChI=1S/C23H27BrN4O3/c1-13-14(2)31-23-20(13)21(26-15(3)27-23)28-9-5-6-16(12-28)22(29)25-11-17-10-18(24)7-8-19(17)30-4/h7-8,10,16H,5-6,9,11-12H2,1-4H3,(H,25,29). The van der Waals surface area contributed by atoms with E-state index in [-0.39, 0.29) is 11.8 Å². The summed E-state index contributed by atoms with van der Waals surface area (Å²) in [7, 11) is 1.64. The summed E-state index contributed by atoms with van der Waals surface area (Å²) in [5, 5.41) is 4.04. The highest BCUT2D eigenvalue weighted by Crippen LogP contribution is 2.33. The zero-order valence-electron chi connectivity index (χ0n) is 18.3. The molecule has 0 saturated carbocycles. The lowest BCUT2D eigenvalue weighted by Crippen LogP contribution is -2.43. The summed E-state index contributed by atoms with van der Waals surface area (Å²) in [6.45, 7) is 7.75. The van der Waals surface area contributed by atoms with Crippen molar-refractivity contribution in [3.8, 4) is 5.75 Å². The van der Waals surface area contributed by atoms with Gasteiger partial charge in [0.05, 0.1) is 18.4 Å². The van der Waals surface area contributed by atoms with Gasteiger partial charge in [-0.2, -0.15) is 4.98 Å². The van der Waals surface area contributed by atoms with Crippen molar-refractivity contribution in [2.24, 2.45) is 5.92 Å². The van der Waals surface area contributed by atoms with Gasteiger partial charge in [-0.1, -0.05) is 15.9 Å². The number of hydrogen-bond donors (Lipinski definition) is 1. The number of carbonyl (C=O) groups excluding carboxylic acids is 1. The maximum Gasteiger partial charge on any atom is 0.231 e. The quantitative estimate of drug-likeness (QED) is 0.573. The highest BCUT2D eigenvalue weighted by atomic mass is 79.9. The van der Waals surface area contributed by atoms with E-state index < -0.39 is 0 Å².